The Morgan fingerprint density at radius 2 is 0.890 bits per heavy atom. The van der Waals surface area contributed by atoms with Gasteiger partial charge in [0.05, 0.1) is 38.6 Å². The average molecular weight is 1050 g/mol. The molecule has 3 saturated heterocycles. The molecule has 1 amide bonds. The summed E-state index contributed by atoms with van der Waals surface area (Å²) in [6.45, 7) is 1.63. The fourth-order valence-electron chi connectivity index (χ4n) is 9.54. The number of hydrogen-bond acceptors (Lipinski definition) is 18. The molecular formula is C54H99NO18. The van der Waals surface area contributed by atoms with Gasteiger partial charge >= 0.3 is 0 Å². The van der Waals surface area contributed by atoms with Crippen molar-refractivity contribution in [2.45, 2.75) is 285 Å². The third-order valence-corrected chi connectivity index (χ3v) is 14.2. The minimum absolute atomic E-state index is 0.233. The summed E-state index contributed by atoms with van der Waals surface area (Å²) in [5, 5.41) is 120. The summed E-state index contributed by atoms with van der Waals surface area (Å²) in [6.07, 6.45) is 10.4. The number of aliphatic hydroxyl groups excluding tert-OH is 11. The Labute approximate surface area is 435 Å². The van der Waals surface area contributed by atoms with Gasteiger partial charge in [-0.25, -0.2) is 0 Å². The van der Waals surface area contributed by atoms with Gasteiger partial charge in [0.25, 0.3) is 0 Å². The first-order chi connectivity index (χ1) is 35.3. The Balaban J connectivity index is 1.52. The van der Waals surface area contributed by atoms with Gasteiger partial charge in [0.15, 0.2) is 18.9 Å². The topological polar surface area (TPSA) is 307 Å². The van der Waals surface area contributed by atoms with E-state index in [0.29, 0.717) is 6.42 Å². The number of ether oxygens (including phenoxy) is 6. The number of nitrogens with one attached hydrogen (secondary N) is 1. The maximum Gasteiger partial charge on any atom is 0.220 e. The first-order valence-electron chi connectivity index (χ1n) is 28.1. The van der Waals surface area contributed by atoms with Gasteiger partial charge in [0.2, 0.25) is 5.91 Å². The van der Waals surface area contributed by atoms with Gasteiger partial charge < -0.3 is 89.9 Å². The molecule has 0 aliphatic carbocycles. The molecule has 3 heterocycles. The Kier molecular flexibility index (Phi) is 34.8. The van der Waals surface area contributed by atoms with Crippen LogP contribution in [0.4, 0.5) is 0 Å². The molecule has 0 radical (unpaired) electrons. The molecule has 0 aromatic heterocycles. The average Bonchev–Trinajstić information content (AvgIpc) is 3.39. The number of rotatable bonds is 40. The molecule has 0 aromatic rings. The fraction of sp³-hybridized carbons (Fsp3) is 0.907. The van der Waals surface area contributed by atoms with Crippen LogP contribution in [0.3, 0.4) is 0 Å². The molecule has 19 heteroatoms. The zero-order valence-electron chi connectivity index (χ0n) is 44.1. The van der Waals surface area contributed by atoms with Gasteiger partial charge in [0, 0.05) is 6.42 Å². The summed E-state index contributed by atoms with van der Waals surface area (Å²) in [5.41, 5.74) is 0. The van der Waals surface area contributed by atoms with E-state index in [9.17, 15) is 61.0 Å². The van der Waals surface area contributed by atoms with Crippen molar-refractivity contribution in [3.05, 3.63) is 24.3 Å². The van der Waals surface area contributed by atoms with Crippen molar-refractivity contribution in [3.63, 3.8) is 0 Å². The summed E-state index contributed by atoms with van der Waals surface area (Å²) in [6, 6.07) is -0.972. The number of amides is 1. The lowest BCUT2D eigenvalue weighted by molar-refractivity contribution is -0.379. The van der Waals surface area contributed by atoms with E-state index in [-0.39, 0.29) is 18.9 Å². The van der Waals surface area contributed by atoms with E-state index in [1.54, 1.807) is 6.08 Å². The van der Waals surface area contributed by atoms with Gasteiger partial charge in [-0.15, -0.1) is 0 Å². The second-order valence-electron chi connectivity index (χ2n) is 20.4. The number of hydrogen-bond donors (Lipinski definition) is 12. The number of allylic oxidation sites excluding steroid dienone is 3. The van der Waals surface area contributed by atoms with E-state index in [1.807, 2.05) is 6.08 Å². The Morgan fingerprint density at radius 1 is 0.479 bits per heavy atom. The summed E-state index contributed by atoms with van der Waals surface area (Å²) < 4.78 is 34.1. The van der Waals surface area contributed by atoms with Crippen molar-refractivity contribution in [1.82, 2.24) is 5.32 Å². The van der Waals surface area contributed by atoms with Gasteiger partial charge in [-0.1, -0.05) is 160 Å². The molecule has 17 unspecified atom stereocenters. The number of carbonyl (C=O) groups excluding carboxylic acids is 1. The third-order valence-electron chi connectivity index (χ3n) is 14.2. The highest BCUT2D eigenvalue weighted by molar-refractivity contribution is 5.76. The van der Waals surface area contributed by atoms with Crippen molar-refractivity contribution < 1.29 is 89.4 Å². The predicted molar refractivity (Wildman–Crippen MR) is 273 cm³/mol. The second kappa shape index (κ2) is 38.8. The summed E-state index contributed by atoms with van der Waals surface area (Å²) in [5.74, 6) is -0.288. The van der Waals surface area contributed by atoms with Crippen LogP contribution in [0.2, 0.25) is 0 Å². The van der Waals surface area contributed by atoms with Crippen molar-refractivity contribution >= 4 is 5.91 Å². The Bertz CT molecular complexity index is 1440. The van der Waals surface area contributed by atoms with E-state index in [1.165, 1.54) is 83.5 Å². The van der Waals surface area contributed by atoms with Crippen LogP contribution in [0.15, 0.2) is 24.3 Å². The van der Waals surface area contributed by atoms with Crippen LogP contribution in [-0.2, 0) is 33.2 Å². The molecule has 3 aliphatic rings. The smallest absolute Gasteiger partial charge is 0.220 e. The van der Waals surface area contributed by atoms with Crippen LogP contribution in [-0.4, -0.2) is 193 Å². The molecule has 0 bridgehead atoms. The highest BCUT2D eigenvalue weighted by Gasteiger charge is 2.53. The lowest BCUT2D eigenvalue weighted by Gasteiger charge is -2.48. The molecule has 428 valence electrons. The van der Waals surface area contributed by atoms with Gasteiger partial charge in [-0.05, 0) is 38.5 Å². The number of aliphatic hydroxyl groups is 11. The van der Waals surface area contributed by atoms with Crippen molar-refractivity contribution in [1.29, 1.82) is 0 Å². The number of unbranched alkanes of at least 4 members (excludes halogenated alkanes) is 22. The van der Waals surface area contributed by atoms with Crippen molar-refractivity contribution in [2.75, 3.05) is 26.4 Å². The molecule has 17 atom stereocenters. The minimum Gasteiger partial charge on any atom is -0.394 e. The summed E-state index contributed by atoms with van der Waals surface area (Å²) in [4.78, 5) is 13.2. The summed E-state index contributed by atoms with van der Waals surface area (Å²) >= 11 is 0. The highest BCUT2D eigenvalue weighted by Crippen LogP contribution is 2.33. The van der Waals surface area contributed by atoms with Crippen molar-refractivity contribution in [2.24, 2.45) is 0 Å². The van der Waals surface area contributed by atoms with Crippen LogP contribution in [0.25, 0.3) is 0 Å². The Hall–Kier alpha value is -1.73. The van der Waals surface area contributed by atoms with E-state index in [0.717, 1.165) is 70.6 Å². The molecule has 0 spiro atoms. The monoisotopic (exact) mass is 1050 g/mol. The molecule has 3 fully saturated rings. The zero-order valence-corrected chi connectivity index (χ0v) is 44.1. The third kappa shape index (κ3) is 23.8. The molecule has 0 aromatic carbocycles. The van der Waals surface area contributed by atoms with E-state index >= 15 is 0 Å². The lowest BCUT2D eigenvalue weighted by atomic mass is 9.96. The van der Waals surface area contributed by atoms with Crippen molar-refractivity contribution in [3.8, 4) is 0 Å². The van der Waals surface area contributed by atoms with E-state index in [2.05, 4.69) is 31.3 Å². The quantitative estimate of drug-likeness (QED) is 0.0308. The molecule has 3 aliphatic heterocycles. The predicted octanol–water partition coefficient (Wildman–Crippen LogP) is 3.59. The van der Waals surface area contributed by atoms with Gasteiger partial charge in [-0.3, -0.25) is 4.79 Å². The Morgan fingerprint density at radius 3 is 1.38 bits per heavy atom. The molecule has 73 heavy (non-hydrogen) atoms. The van der Waals surface area contributed by atoms with Gasteiger partial charge in [-0.2, -0.15) is 0 Å². The van der Waals surface area contributed by atoms with Gasteiger partial charge in [0.1, 0.15) is 73.2 Å². The molecule has 12 N–H and O–H groups in total. The van der Waals surface area contributed by atoms with Crippen LogP contribution >= 0.6 is 0 Å². The fourth-order valence-corrected chi connectivity index (χ4v) is 9.54. The van der Waals surface area contributed by atoms with Crippen LogP contribution in [0, 0.1) is 0 Å². The zero-order chi connectivity index (χ0) is 53.4. The normalized spacial score (nSPS) is 31.9. The molecule has 19 nitrogen and oxygen atoms in total. The standard InChI is InChI=1S/C54H99NO18/c1-3-5-7-9-11-13-15-16-17-18-19-20-21-22-23-25-27-29-31-38(59)37(55-42(60)32-30-28-26-24-14-12-10-8-6-4-2)36-68-52-48(66)45(63)50(40(34-57)70-52)73-54-49(67)46(64)51(41(35-58)71-54)72-53-47(65)44(62)43(61)39(33-56)69-53/h8,10,29,31,37-41,43-54,56-59,61-67H,3-7,9,11-28,30,32-36H2,1-2H3,(H,55,60)/b10-8-,31-29+. The van der Waals surface area contributed by atoms with E-state index in [4.69, 9.17) is 28.4 Å². The van der Waals surface area contributed by atoms with E-state index < -0.39 is 124 Å². The van der Waals surface area contributed by atoms with Crippen LogP contribution in [0.5, 0.6) is 0 Å². The van der Waals surface area contributed by atoms with Crippen LogP contribution in [0.1, 0.15) is 181 Å². The first kappa shape index (κ1) is 65.6. The lowest BCUT2D eigenvalue weighted by Crippen LogP contribution is -2.66. The second-order valence-corrected chi connectivity index (χ2v) is 20.4. The van der Waals surface area contributed by atoms with Crippen LogP contribution < -0.4 is 5.32 Å². The molecule has 0 saturated carbocycles. The first-order valence-corrected chi connectivity index (χ1v) is 28.1. The number of carbonyl (C=O) groups is 1. The molecule has 3 rings (SSSR count). The highest BCUT2D eigenvalue weighted by atomic mass is 16.8. The maximum absolute atomic E-state index is 13.2. The minimum atomic E-state index is -1.98. The SMILES string of the molecule is CCC/C=C\CCCCCCCC(=O)NC(COC1OC(CO)C(OC2OC(CO)C(OC3OC(CO)C(O)C(O)C3O)C(O)C2O)C(O)C1O)C(O)/C=C/CCCCCCCCCCCCCCCCCC. The molecular weight excluding hydrogens is 951 g/mol. The maximum atomic E-state index is 13.2. The largest absolute Gasteiger partial charge is 0.394 e. The summed E-state index contributed by atoms with van der Waals surface area (Å²) in [7, 11) is 0.